The molecule has 6 heteroatoms. The first-order valence-corrected chi connectivity index (χ1v) is 8.58. The molecule has 0 spiro atoms. The molecule has 4 nitrogen and oxygen atoms in total. The first-order valence-electron chi connectivity index (χ1n) is 6.32. The Morgan fingerprint density at radius 2 is 2.28 bits per heavy atom. The van der Waals surface area contributed by atoms with E-state index in [1.54, 1.807) is 13.1 Å². The second-order valence-corrected chi connectivity index (χ2v) is 8.09. The van der Waals surface area contributed by atoms with Crippen LogP contribution in [0.25, 0.3) is 0 Å². The maximum atomic E-state index is 12.4. The second-order valence-electron chi connectivity index (χ2n) is 4.65. The molecular formula is C12H20N2O2S2. The molecule has 1 aliphatic rings. The predicted molar refractivity (Wildman–Crippen MR) is 74.5 cm³/mol. The highest BCUT2D eigenvalue weighted by molar-refractivity contribution is 7.91. The summed E-state index contributed by atoms with van der Waals surface area (Å²) in [5, 5.41) is 3.32. The summed E-state index contributed by atoms with van der Waals surface area (Å²) < 4.78 is 26.6. The fourth-order valence-corrected chi connectivity index (χ4v) is 4.88. The molecule has 0 radical (unpaired) electrons. The Morgan fingerprint density at radius 1 is 1.50 bits per heavy atom. The number of nitrogens with one attached hydrogen (secondary N) is 1. The van der Waals surface area contributed by atoms with E-state index in [4.69, 9.17) is 0 Å². The molecule has 0 amide bonds. The van der Waals surface area contributed by atoms with Crippen LogP contribution >= 0.6 is 11.3 Å². The van der Waals surface area contributed by atoms with Gasteiger partial charge in [0.25, 0.3) is 10.0 Å². The quantitative estimate of drug-likeness (QED) is 0.897. The Hall–Kier alpha value is -0.430. The van der Waals surface area contributed by atoms with Crippen molar-refractivity contribution >= 4 is 21.4 Å². The zero-order valence-electron chi connectivity index (χ0n) is 10.8. The number of rotatable bonds is 5. The molecule has 0 aromatic carbocycles. The standard InChI is InChI=1S/C12H20N2O2S2/c1-3-11-6-7-12(17-11)18(15,16)14(2)9-10-5-4-8-13-10/h6-7,10,13H,3-5,8-9H2,1-2H3. The molecule has 0 bridgehead atoms. The summed E-state index contributed by atoms with van der Waals surface area (Å²) in [7, 11) is -1.64. The maximum absolute atomic E-state index is 12.4. The van der Waals surface area contributed by atoms with E-state index in [1.165, 1.54) is 15.6 Å². The molecular weight excluding hydrogens is 268 g/mol. The van der Waals surface area contributed by atoms with Gasteiger partial charge in [-0.3, -0.25) is 0 Å². The number of thiophene rings is 1. The van der Waals surface area contributed by atoms with Crippen LogP contribution in [0.4, 0.5) is 0 Å². The molecule has 1 atom stereocenters. The van der Waals surface area contributed by atoms with E-state index in [1.807, 2.05) is 13.0 Å². The summed E-state index contributed by atoms with van der Waals surface area (Å²) in [6, 6.07) is 3.92. The van der Waals surface area contributed by atoms with Gasteiger partial charge in [0.2, 0.25) is 0 Å². The Balaban J connectivity index is 2.09. The fourth-order valence-electron chi connectivity index (χ4n) is 2.16. The number of aryl methyl sites for hydroxylation is 1. The van der Waals surface area contributed by atoms with Crippen molar-refractivity contribution in [3.63, 3.8) is 0 Å². The molecule has 0 aliphatic carbocycles. The largest absolute Gasteiger partial charge is 0.313 e. The van der Waals surface area contributed by atoms with Crippen LogP contribution in [-0.4, -0.2) is 38.9 Å². The molecule has 2 heterocycles. The summed E-state index contributed by atoms with van der Waals surface area (Å²) in [6.45, 7) is 3.59. The molecule has 1 fully saturated rings. The van der Waals surface area contributed by atoms with Gasteiger partial charge in [-0.1, -0.05) is 6.92 Å². The molecule has 1 aromatic heterocycles. The molecule has 0 saturated carbocycles. The van der Waals surface area contributed by atoms with Gasteiger partial charge in [-0.2, -0.15) is 4.31 Å². The highest BCUT2D eigenvalue weighted by Gasteiger charge is 2.26. The van der Waals surface area contributed by atoms with Gasteiger partial charge < -0.3 is 5.32 Å². The number of hydrogen-bond donors (Lipinski definition) is 1. The molecule has 1 aromatic rings. The van der Waals surface area contributed by atoms with Gasteiger partial charge in [0, 0.05) is 24.5 Å². The molecule has 102 valence electrons. The van der Waals surface area contributed by atoms with Crippen molar-refractivity contribution in [2.45, 2.75) is 36.4 Å². The van der Waals surface area contributed by atoms with Gasteiger partial charge in [0.15, 0.2) is 0 Å². The zero-order valence-corrected chi connectivity index (χ0v) is 12.5. The first-order chi connectivity index (χ1) is 8.54. The minimum absolute atomic E-state index is 0.301. The van der Waals surface area contributed by atoms with E-state index < -0.39 is 10.0 Å². The van der Waals surface area contributed by atoms with Crippen molar-refractivity contribution in [1.82, 2.24) is 9.62 Å². The Kier molecular flexibility index (Phi) is 4.42. The molecule has 1 aliphatic heterocycles. The second kappa shape index (κ2) is 5.69. The minimum Gasteiger partial charge on any atom is -0.313 e. The Morgan fingerprint density at radius 3 is 2.83 bits per heavy atom. The van der Waals surface area contributed by atoms with Crippen LogP contribution in [0.15, 0.2) is 16.3 Å². The van der Waals surface area contributed by atoms with Crippen molar-refractivity contribution in [3.05, 3.63) is 17.0 Å². The maximum Gasteiger partial charge on any atom is 0.252 e. The van der Waals surface area contributed by atoms with Crippen LogP contribution in [-0.2, 0) is 16.4 Å². The molecule has 1 saturated heterocycles. The minimum atomic E-state index is -3.30. The van der Waals surface area contributed by atoms with Crippen LogP contribution in [0.5, 0.6) is 0 Å². The Bertz CT molecular complexity index is 490. The van der Waals surface area contributed by atoms with Crippen molar-refractivity contribution in [2.24, 2.45) is 0 Å². The van der Waals surface area contributed by atoms with Crippen molar-refractivity contribution in [3.8, 4) is 0 Å². The van der Waals surface area contributed by atoms with Crippen molar-refractivity contribution in [1.29, 1.82) is 0 Å². The summed E-state index contributed by atoms with van der Waals surface area (Å²) in [5.41, 5.74) is 0. The summed E-state index contributed by atoms with van der Waals surface area (Å²) in [4.78, 5) is 1.11. The molecule has 18 heavy (non-hydrogen) atoms. The van der Waals surface area contributed by atoms with E-state index >= 15 is 0 Å². The molecule has 2 rings (SSSR count). The zero-order chi connectivity index (χ0) is 13.2. The Labute approximate surface area is 113 Å². The van der Waals surface area contributed by atoms with E-state index in [-0.39, 0.29) is 0 Å². The highest BCUT2D eigenvalue weighted by atomic mass is 32.2. The third-order valence-corrected chi connectivity index (χ3v) is 6.81. The lowest BCUT2D eigenvalue weighted by molar-refractivity contribution is 0.418. The normalized spacial score (nSPS) is 20.7. The fraction of sp³-hybridized carbons (Fsp3) is 0.667. The summed E-state index contributed by atoms with van der Waals surface area (Å²) in [6.07, 6.45) is 3.08. The number of hydrogen-bond acceptors (Lipinski definition) is 4. The van der Waals surface area contributed by atoms with Gasteiger partial charge >= 0.3 is 0 Å². The summed E-state index contributed by atoms with van der Waals surface area (Å²) in [5.74, 6) is 0. The topological polar surface area (TPSA) is 49.4 Å². The lowest BCUT2D eigenvalue weighted by Crippen LogP contribution is -2.38. The van der Waals surface area contributed by atoms with Gasteiger partial charge in [-0.05, 0) is 37.9 Å². The monoisotopic (exact) mass is 288 g/mol. The lowest BCUT2D eigenvalue weighted by Gasteiger charge is -2.20. The van der Waals surface area contributed by atoms with Gasteiger partial charge in [0.1, 0.15) is 4.21 Å². The smallest absolute Gasteiger partial charge is 0.252 e. The first kappa shape index (κ1) is 14.0. The highest BCUT2D eigenvalue weighted by Crippen LogP contribution is 2.25. The van der Waals surface area contributed by atoms with Gasteiger partial charge in [-0.15, -0.1) is 11.3 Å². The van der Waals surface area contributed by atoms with E-state index in [2.05, 4.69) is 5.32 Å². The van der Waals surface area contributed by atoms with Gasteiger partial charge in [0.05, 0.1) is 0 Å². The van der Waals surface area contributed by atoms with Crippen LogP contribution in [0.1, 0.15) is 24.6 Å². The predicted octanol–water partition coefficient (Wildman–Crippen LogP) is 1.68. The van der Waals surface area contributed by atoms with E-state index in [0.717, 1.165) is 30.7 Å². The lowest BCUT2D eigenvalue weighted by atomic mass is 10.2. The van der Waals surface area contributed by atoms with Crippen LogP contribution < -0.4 is 5.32 Å². The van der Waals surface area contributed by atoms with Gasteiger partial charge in [-0.25, -0.2) is 8.42 Å². The van der Waals surface area contributed by atoms with Crippen molar-refractivity contribution in [2.75, 3.05) is 20.1 Å². The summed E-state index contributed by atoms with van der Waals surface area (Å²) >= 11 is 1.38. The van der Waals surface area contributed by atoms with Crippen LogP contribution in [0, 0.1) is 0 Å². The van der Waals surface area contributed by atoms with E-state index in [0.29, 0.717) is 16.8 Å². The molecule has 1 N–H and O–H groups in total. The van der Waals surface area contributed by atoms with E-state index in [9.17, 15) is 8.42 Å². The third kappa shape index (κ3) is 2.93. The SMILES string of the molecule is CCc1ccc(S(=O)(=O)N(C)CC2CCCN2)s1. The number of sulfonamides is 1. The number of nitrogens with zero attached hydrogens (tertiary/aromatic N) is 1. The average Bonchev–Trinajstić information content (AvgIpc) is 2.99. The van der Waals surface area contributed by atoms with Crippen LogP contribution in [0.2, 0.25) is 0 Å². The van der Waals surface area contributed by atoms with Crippen molar-refractivity contribution < 1.29 is 8.42 Å². The third-order valence-electron chi connectivity index (χ3n) is 3.29. The van der Waals surface area contributed by atoms with Crippen LogP contribution in [0.3, 0.4) is 0 Å². The average molecular weight is 288 g/mol. The number of likely N-dealkylation sites (N-methyl/N-ethyl adjacent to an activating group) is 1. The molecule has 1 unspecified atom stereocenters.